The minimum Gasteiger partial charge on any atom is -0.423 e. The van der Waals surface area contributed by atoms with Crippen LogP contribution in [0.4, 0.5) is 0 Å². The molecule has 0 aliphatic rings. The normalized spacial score (nSPS) is 10.3. The highest BCUT2D eigenvalue weighted by molar-refractivity contribution is 7.13. The largest absolute Gasteiger partial charge is 0.489 e. The lowest BCUT2D eigenvalue weighted by molar-refractivity contribution is 0.426. The molecule has 0 bridgehead atoms. The number of hydrogen-bond donors (Lipinski definition) is 2. The molecule has 1 aromatic heterocycles. The Labute approximate surface area is 93.0 Å². The van der Waals surface area contributed by atoms with Gasteiger partial charge in [-0.25, -0.2) is 0 Å². The Balaban J connectivity index is 2.52. The average molecular weight is 218 g/mol. The van der Waals surface area contributed by atoms with E-state index in [4.69, 9.17) is 0 Å². The fourth-order valence-electron chi connectivity index (χ4n) is 1.52. The van der Waals surface area contributed by atoms with E-state index >= 15 is 0 Å². The Morgan fingerprint density at radius 1 is 1.20 bits per heavy atom. The highest BCUT2D eigenvalue weighted by Gasteiger charge is 2.16. The molecule has 0 amide bonds. The molecular formula is C11H11BO2S. The first-order valence-corrected chi connectivity index (χ1v) is 5.57. The summed E-state index contributed by atoms with van der Waals surface area (Å²) in [5.74, 6) is 0. The lowest BCUT2D eigenvalue weighted by Crippen LogP contribution is -2.31. The van der Waals surface area contributed by atoms with E-state index in [2.05, 4.69) is 5.38 Å². The van der Waals surface area contributed by atoms with Gasteiger partial charge >= 0.3 is 7.12 Å². The molecule has 0 fully saturated rings. The molecule has 0 aliphatic carbocycles. The lowest BCUT2D eigenvalue weighted by atomic mass is 9.77. The minimum atomic E-state index is -1.41. The smallest absolute Gasteiger partial charge is 0.423 e. The van der Waals surface area contributed by atoms with Crippen molar-refractivity contribution in [1.82, 2.24) is 0 Å². The molecule has 76 valence electrons. The van der Waals surface area contributed by atoms with Gasteiger partial charge in [-0.2, -0.15) is 0 Å². The fourth-order valence-corrected chi connectivity index (χ4v) is 2.47. The SMILES string of the molecule is Cc1csc(-c2ccccc2B(O)O)c1. The van der Waals surface area contributed by atoms with Gasteiger partial charge in [-0.05, 0) is 35.0 Å². The molecule has 2 nitrogen and oxygen atoms in total. The standard InChI is InChI=1S/C11H11BO2S/c1-8-6-11(15-7-8)9-4-2-3-5-10(9)12(13)14/h2-7,13-14H,1H3. The maximum absolute atomic E-state index is 9.23. The molecule has 0 aliphatic heterocycles. The van der Waals surface area contributed by atoms with Crippen LogP contribution in [0.25, 0.3) is 10.4 Å². The van der Waals surface area contributed by atoms with Gasteiger partial charge in [-0.15, -0.1) is 11.3 Å². The molecule has 0 saturated carbocycles. The van der Waals surface area contributed by atoms with Gasteiger partial charge in [0.25, 0.3) is 0 Å². The van der Waals surface area contributed by atoms with Crippen LogP contribution >= 0.6 is 11.3 Å². The van der Waals surface area contributed by atoms with Crippen LogP contribution in [-0.2, 0) is 0 Å². The third kappa shape index (κ3) is 2.12. The molecule has 0 radical (unpaired) electrons. The summed E-state index contributed by atoms with van der Waals surface area (Å²) in [6, 6.07) is 9.38. The summed E-state index contributed by atoms with van der Waals surface area (Å²) < 4.78 is 0. The second-order valence-corrected chi connectivity index (χ2v) is 4.36. The second kappa shape index (κ2) is 4.19. The quantitative estimate of drug-likeness (QED) is 0.748. The van der Waals surface area contributed by atoms with Crippen molar-refractivity contribution in [3.8, 4) is 10.4 Å². The third-order valence-electron chi connectivity index (χ3n) is 2.23. The zero-order chi connectivity index (χ0) is 10.8. The summed E-state index contributed by atoms with van der Waals surface area (Å²) in [6.45, 7) is 2.03. The van der Waals surface area contributed by atoms with Crippen molar-refractivity contribution in [2.75, 3.05) is 0 Å². The van der Waals surface area contributed by atoms with Gasteiger partial charge in [0, 0.05) is 4.88 Å². The first-order chi connectivity index (χ1) is 7.18. The number of rotatable bonds is 2. The van der Waals surface area contributed by atoms with E-state index in [9.17, 15) is 10.0 Å². The van der Waals surface area contributed by atoms with Crippen LogP contribution in [0.3, 0.4) is 0 Å². The van der Waals surface area contributed by atoms with Crippen LogP contribution in [-0.4, -0.2) is 17.2 Å². The molecule has 2 aromatic rings. The fraction of sp³-hybridized carbons (Fsp3) is 0.0909. The van der Waals surface area contributed by atoms with E-state index in [1.54, 1.807) is 23.5 Å². The molecule has 0 saturated heterocycles. The summed E-state index contributed by atoms with van der Waals surface area (Å²) in [5, 5.41) is 20.5. The van der Waals surface area contributed by atoms with Crippen molar-refractivity contribution in [2.45, 2.75) is 6.92 Å². The minimum absolute atomic E-state index is 0.555. The van der Waals surface area contributed by atoms with E-state index in [0.29, 0.717) is 5.46 Å². The van der Waals surface area contributed by atoms with Crippen molar-refractivity contribution in [3.63, 3.8) is 0 Å². The van der Waals surface area contributed by atoms with Crippen LogP contribution in [0.1, 0.15) is 5.56 Å². The Bertz CT molecular complexity index is 465. The molecule has 2 rings (SSSR count). The van der Waals surface area contributed by atoms with E-state index in [-0.39, 0.29) is 0 Å². The van der Waals surface area contributed by atoms with Crippen LogP contribution < -0.4 is 5.46 Å². The van der Waals surface area contributed by atoms with Crippen molar-refractivity contribution >= 4 is 23.9 Å². The van der Waals surface area contributed by atoms with Crippen molar-refractivity contribution < 1.29 is 10.0 Å². The van der Waals surface area contributed by atoms with Gasteiger partial charge in [-0.3, -0.25) is 0 Å². The summed E-state index contributed by atoms with van der Waals surface area (Å²) >= 11 is 1.61. The highest BCUT2D eigenvalue weighted by Crippen LogP contribution is 2.25. The number of hydrogen-bond acceptors (Lipinski definition) is 3. The van der Waals surface area contributed by atoms with Gasteiger partial charge in [0.1, 0.15) is 0 Å². The zero-order valence-corrected chi connectivity index (χ0v) is 9.16. The Kier molecular flexibility index (Phi) is 2.91. The molecule has 15 heavy (non-hydrogen) atoms. The Morgan fingerprint density at radius 2 is 1.93 bits per heavy atom. The zero-order valence-electron chi connectivity index (χ0n) is 8.34. The predicted molar refractivity (Wildman–Crippen MR) is 64.3 cm³/mol. The van der Waals surface area contributed by atoms with Gasteiger partial charge < -0.3 is 10.0 Å². The van der Waals surface area contributed by atoms with Gasteiger partial charge in [0.05, 0.1) is 0 Å². The van der Waals surface area contributed by atoms with Gasteiger partial charge in [0.15, 0.2) is 0 Å². The first-order valence-electron chi connectivity index (χ1n) is 4.69. The van der Waals surface area contributed by atoms with E-state index in [1.165, 1.54) is 5.56 Å². The highest BCUT2D eigenvalue weighted by atomic mass is 32.1. The molecular weight excluding hydrogens is 207 g/mol. The predicted octanol–water partition coefficient (Wildman–Crippen LogP) is 1.40. The summed E-state index contributed by atoms with van der Waals surface area (Å²) in [6.07, 6.45) is 0. The van der Waals surface area contributed by atoms with E-state index in [1.807, 2.05) is 25.1 Å². The van der Waals surface area contributed by atoms with Crippen LogP contribution in [0.2, 0.25) is 0 Å². The van der Waals surface area contributed by atoms with Gasteiger partial charge in [-0.1, -0.05) is 24.3 Å². The summed E-state index contributed by atoms with van der Waals surface area (Å²) in [4.78, 5) is 1.07. The molecule has 1 aromatic carbocycles. The Morgan fingerprint density at radius 3 is 2.53 bits per heavy atom. The third-order valence-corrected chi connectivity index (χ3v) is 3.32. The van der Waals surface area contributed by atoms with Crippen molar-refractivity contribution in [1.29, 1.82) is 0 Å². The first kappa shape index (κ1) is 10.4. The monoisotopic (exact) mass is 218 g/mol. The summed E-state index contributed by atoms with van der Waals surface area (Å²) in [7, 11) is -1.41. The molecule has 4 heteroatoms. The number of aryl methyl sites for hydroxylation is 1. The van der Waals surface area contributed by atoms with Crippen molar-refractivity contribution in [3.05, 3.63) is 41.3 Å². The number of benzene rings is 1. The van der Waals surface area contributed by atoms with E-state index < -0.39 is 7.12 Å². The summed E-state index contributed by atoms with van der Waals surface area (Å²) in [5.41, 5.74) is 2.64. The van der Waals surface area contributed by atoms with Crippen LogP contribution in [0, 0.1) is 6.92 Å². The molecule has 1 heterocycles. The van der Waals surface area contributed by atoms with Crippen LogP contribution in [0.5, 0.6) is 0 Å². The maximum atomic E-state index is 9.23. The Hall–Kier alpha value is -1.10. The molecule has 0 atom stereocenters. The van der Waals surface area contributed by atoms with E-state index in [0.717, 1.165) is 10.4 Å². The lowest BCUT2D eigenvalue weighted by Gasteiger charge is -2.05. The molecule has 2 N–H and O–H groups in total. The maximum Gasteiger partial charge on any atom is 0.489 e. The topological polar surface area (TPSA) is 40.5 Å². The van der Waals surface area contributed by atoms with Crippen LogP contribution in [0.15, 0.2) is 35.7 Å². The number of thiophene rings is 1. The molecule has 0 unspecified atom stereocenters. The van der Waals surface area contributed by atoms with Gasteiger partial charge in [0.2, 0.25) is 0 Å². The second-order valence-electron chi connectivity index (χ2n) is 3.45. The average Bonchev–Trinajstić information content (AvgIpc) is 2.65. The molecule has 0 spiro atoms. The van der Waals surface area contributed by atoms with Crippen molar-refractivity contribution in [2.24, 2.45) is 0 Å².